The van der Waals surface area contributed by atoms with E-state index < -0.39 is 0 Å². The molecule has 1 aromatic heterocycles. The summed E-state index contributed by atoms with van der Waals surface area (Å²) in [6.07, 6.45) is 3.52. The minimum Gasteiger partial charge on any atom is -0.303 e. The molecule has 2 heterocycles. The molecular formula is C13H22N4OS. The molecule has 0 atom stereocenters. The number of carbonyl (C=O) groups is 1. The molecule has 2 rings (SSSR count). The number of aromatic nitrogens is 1. The van der Waals surface area contributed by atoms with E-state index in [0.29, 0.717) is 4.88 Å². The van der Waals surface area contributed by atoms with Gasteiger partial charge >= 0.3 is 0 Å². The standard InChI is InChI=1S/C13H22N4OS/c1-9(2)11-12(13(18)16-14)19-10(15-11)5-8-17-6-3-4-7-17/h9H,3-8,14H2,1-2H3,(H,16,18). The average molecular weight is 282 g/mol. The van der Waals surface area contributed by atoms with Gasteiger partial charge in [-0.25, -0.2) is 10.8 Å². The van der Waals surface area contributed by atoms with Crippen molar-refractivity contribution in [1.29, 1.82) is 0 Å². The number of nitrogen functional groups attached to an aromatic ring is 1. The summed E-state index contributed by atoms with van der Waals surface area (Å²) in [6, 6.07) is 0. The molecule has 6 heteroatoms. The third kappa shape index (κ3) is 3.52. The number of thiazole rings is 1. The van der Waals surface area contributed by atoms with Crippen LogP contribution >= 0.6 is 11.3 Å². The third-order valence-corrected chi connectivity index (χ3v) is 4.55. The Labute approximate surface area is 118 Å². The van der Waals surface area contributed by atoms with E-state index in [0.717, 1.165) is 23.7 Å². The van der Waals surface area contributed by atoms with Gasteiger partial charge in [-0.1, -0.05) is 13.8 Å². The number of hydrogen-bond acceptors (Lipinski definition) is 5. The van der Waals surface area contributed by atoms with Crippen LogP contribution in [0.3, 0.4) is 0 Å². The molecule has 1 fully saturated rings. The van der Waals surface area contributed by atoms with Crippen LogP contribution in [0.5, 0.6) is 0 Å². The zero-order valence-electron chi connectivity index (χ0n) is 11.6. The van der Waals surface area contributed by atoms with E-state index in [-0.39, 0.29) is 11.8 Å². The number of hydrazine groups is 1. The van der Waals surface area contributed by atoms with E-state index in [1.54, 1.807) is 0 Å². The fourth-order valence-corrected chi connectivity index (χ4v) is 3.47. The molecule has 1 aromatic rings. The second-order valence-electron chi connectivity index (χ2n) is 5.25. The minimum atomic E-state index is -0.228. The summed E-state index contributed by atoms with van der Waals surface area (Å²) in [7, 11) is 0. The van der Waals surface area contributed by atoms with Crippen molar-refractivity contribution >= 4 is 17.2 Å². The summed E-state index contributed by atoms with van der Waals surface area (Å²) < 4.78 is 0. The first-order valence-corrected chi connectivity index (χ1v) is 7.66. The lowest BCUT2D eigenvalue weighted by Gasteiger charge is -2.12. The maximum absolute atomic E-state index is 11.7. The van der Waals surface area contributed by atoms with E-state index in [1.807, 2.05) is 13.8 Å². The van der Waals surface area contributed by atoms with Gasteiger partial charge in [0.25, 0.3) is 5.91 Å². The Hall–Kier alpha value is -0.980. The van der Waals surface area contributed by atoms with Crippen LogP contribution in [0, 0.1) is 0 Å². The molecule has 0 radical (unpaired) electrons. The van der Waals surface area contributed by atoms with Crippen molar-refractivity contribution in [2.45, 2.75) is 39.0 Å². The normalized spacial score (nSPS) is 16.2. The predicted molar refractivity (Wildman–Crippen MR) is 77.2 cm³/mol. The maximum Gasteiger partial charge on any atom is 0.277 e. The van der Waals surface area contributed by atoms with E-state index in [2.05, 4.69) is 15.3 Å². The number of amides is 1. The van der Waals surface area contributed by atoms with Crippen LogP contribution in [0.4, 0.5) is 0 Å². The Bertz CT molecular complexity index is 438. The summed E-state index contributed by atoms with van der Waals surface area (Å²) in [5.74, 6) is 5.24. The van der Waals surface area contributed by atoms with Crippen molar-refractivity contribution in [3.05, 3.63) is 15.6 Å². The zero-order valence-corrected chi connectivity index (χ0v) is 12.4. The van der Waals surface area contributed by atoms with E-state index in [1.165, 1.54) is 37.3 Å². The molecule has 1 amide bonds. The van der Waals surface area contributed by atoms with Crippen molar-refractivity contribution in [1.82, 2.24) is 15.3 Å². The number of rotatable bonds is 5. The highest BCUT2D eigenvalue weighted by atomic mass is 32.1. The highest BCUT2D eigenvalue weighted by Gasteiger charge is 2.20. The molecule has 1 aliphatic heterocycles. The molecule has 5 nitrogen and oxygen atoms in total. The van der Waals surface area contributed by atoms with Gasteiger partial charge in [0.2, 0.25) is 0 Å². The molecule has 106 valence electrons. The summed E-state index contributed by atoms with van der Waals surface area (Å²) in [6.45, 7) is 7.52. The summed E-state index contributed by atoms with van der Waals surface area (Å²) >= 11 is 1.47. The lowest BCUT2D eigenvalue weighted by molar-refractivity contribution is 0.0956. The number of nitrogens with two attached hydrogens (primary N) is 1. The van der Waals surface area contributed by atoms with Crippen LogP contribution < -0.4 is 11.3 Å². The second kappa shape index (κ2) is 6.45. The number of carbonyl (C=O) groups excluding carboxylic acids is 1. The van der Waals surface area contributed by atoms with Crippen molar-refractivity contribution in [2.75, 3.05) is 19.6 Å². The molecule has 19 heavy (non-hydrogen) atoms. The zero-order chi connectivity index (χ0) is 13.8. The molecule has 0 aliphatic carbocycles. The largest absolute Gasteiger partial charge is 0.303 e. The molecule has 0 saturated carbocycles. The van der Waals surface area contributed by atoms with Crippen LogP contribution in [-0.2, 0) is 6.42 Å². The molecule has 0 bridgehead atoms. The molecule has 3 N–H and O–H groups in total. The van der Waals surface area contributed by atoms with Crippen molar-refractivity contribution in [3.8, 4) is 0 Å². The first-order valence-electron chi connectivity index (χ1n) is 6.84. The Morgan fingerprint density at radius 2 is 2.16 bits per heavy atom. The fourth-order valence-electron chi connectivity index (χ4n) is 2.36. The Kier molecular flexibility index (Phi) is 4.90. The van der Waals surface area contributed by atoms with Crippen LogP contribution in [-0.4, -0.2) is 35.4 Å². The first-order chi connectivity index (χ1) is 9.11. The minimum absolute atomic E-state index is 0.228. The quantitative estimate of drug-likeness (QED) is 0.488. The van der Waals surface area contributed by atoms with E-state index >= 15 is 0 Å². The van der Waals surface area contributed by atoms with Gasteiger partial charge in [-0.05, 0) is 31.8 Å². The molecule has 1 saturated heterocycles. The smallest absolute Gasteiger partial charge is 0.277 e. The van der Waals surface area contributed by atoms with Crippen LogP contribution in [0.2, 0.25) is 0 Å². The third-order valence-electron chi connectivity index (χ3n) is 3.42. The van der Waals surface area contributed by atoms with Gasteiger partial charge < -0.3 is 4.90 Å². The van der Waals surface area contributed by atoms with Gasteiger partial charge in [0.1, 0.15) is 4.88 Å². The second-order valence-corrected chi connectivity index (χ2v) is 6.33. The van der Waals surface area contributed by atoms with Gasteiger partial charge in [0.15, 0.2) is 0 Å². The number of hydrogen-bond donors (Lipinski definition) is 2. The molecule has 0 unspecified atom stereocenters. The van der Waals surface area contributed by atoms with Crippen molar-refractivity contribution in [3.63, 3.8) is 0 Å². The predicted octanol–water partition coefficient (Wildman–Crippen LogP) is 1.51. The number of nitrogens with zero attached hydrogens (tertiary/aromatic N) is 2. The summed E-state index contributed by atoms with van der Waals surface area (Å²) in [5, 5.41) is 1.04. The van der Waals surface area contributed by atoms with Gasteiger partial charge in [0.05, 0.1) is 10.7 Å². The molecule has 0 aromatic carbocycles. The van der Waals surface area contributed by atoms with Gasteiger partial charge in [-0.2, -0.15) is 0 Å². The van der Waals surface area contributed by atoms with Gasteiger partial charge in [0, 0.05) is 13.0 Å². The van der Waals surface area contributed by atoms with Crippen LogP contribution in [0.25, 0.3) is 0 Å². The SMILES string of the molecule is CC(C)c1nc(CCN2CCCC2)sc1C(=O)NN. The molecular weight excluding hydrogens is 260 g/mol. The summed E-state index contributed by atoms with van der Waals surface area (Å²) in [4.78, 5) is 19.5. The first kappa shape index (κ1) is 14.4. The van der Waals surface area contributed by atoms with Crippen molar-refractivity contribution < 1.29 is 4.79 Å². The highest BCUT2D eigenvalue weighted by molar-refractivity contribution is 7.13. The maximum atomic E-state index is 11.7. The van der Waals surface area contributed by atoms with Crippen LogP contribution in [0.15, 0.2) is 0 Å². The Morgan fingerprint density at radius 3 is 2.74 bits per heavy atom. The number of nitrogens with one attached hydrogen (secondary N) is 1. The highest BCUT2D eigenvalue weighted by Crippen LogP contribution is 2.25. The lowest BCUT2D eigenvalue weighted by Crippen LogP contribution is -2.30. The van der Waals surface area contributed by atoms with Gasteiger partial charge in [-0.15, -0.1) is 11.3 Å². The molecule has 0 spiro atoms. The number of likely N-dealkylation sites (tertiary alicyclic amines) is 1. The Morgan fingerprint density at radius 1 is 1.47 bits per heavy atom. The van der Waals surface area contributed by atoms with Gasteiger partial charge in [-0.3, -0.25) is 10.2 Å². The monoisotopic (exact) mass is 282 g/mol. The Balaban J connectivity index is 2.06. The van der Waals surface area contributed by atoms with E-state index in [4.69, 9.17) is 5.84 Å². The lowest BCUT2D eigenvalue weighted by atomic mass is 10.1. The summed E-state index contributed by atoms with van der Waals surface area (Å²) in [5.41, 5.74) is 3.07. The van der Waals surface area contributed by atoms with E-state index in [9.17, 15) is 4.79 Å². The van der Waals surface area contributed by atoms with Crippen molar-refractivity contribution in [2.24, 2.45) is 5.84 Å². The average Bonchev–Trinajstić information content (AvgIpc) is 3.04. The van der Waals surface area contributed by atoms with Crippen LogP contribution in [0.1, 0.15) is 53.0 Å². The fraction of sp³-hybridized carbons (Fsp3) is 0.692. The topological polar surface area (TPSA) is 71.2 Å². The molecule has 1 aliphatic rings.